The molecule has 0 aliphatic rings. The lowest BCUT2D eigenvalue weighted by molar-refractivity contribution is -0.116. The van der Waals surface area contributed by atoms with Gasteiger partial charge >= 0.3 is 0 Å². The minimum Gasteiger partial charge on any atom is -0.326 e. The summed E-state index contributed by atoms with van der Waals surface area (Å²) < 4.78 is 0. The molecule has 3 aromatic rings. The Balaban J connectivity index is 1.74. The molecule has 0 saturated carbocycles. The standard InChI is InChI=1S/C21H22N2O2/c1-13-6-5-9-18(15(13)3)22-19(24)11-10-17-12-16-8-4-7-14(2)20(16)23-21(17)25/h4-9,12H,10-11H2,1-3H3,(H,22,24)(H,23,25). The molecule has 0 spiro atoms. The molecule has 0 unspecified atom stereocenters. The van der Waals surface area contributed by atoms with Crippen molar-refractivity contribution in [1.82, 2.24) is 4.98 Å². The topological polar surface area (TPSA) is 62.0 Å². The zero-order valence-corrected chi connectivity index (χ0v) is 14.8. The number of H-pyrrole nitrogens is 1. The van der Waals surface area contributed by atoms with E-state index in [0.717, 1.165) is 33.3 Å². The van der Waals surface area contributed by atoms with Crippen molar-refractivity contribution in [3.05, 3.63) is 75.1 Å². The van der Waals surface area contributed by atoms with Crippen LogP contribution in [0.25, 0.3) is 10.9 Å². The quantitative estimate of drug-likeness (QED) is 0.757. The molecule has 0 atom stereocenters. The summed E-state index contributed by atoms with van der Waals surface area (Å²) in [4.78, 5) is 27.5. The maximum Gasteiger partial charge on any atom is 0.251 e. The average Bonchev–Trinajstić information content (AvgIpc) is 2.58. The fourth-order valence-corrected chi connectivity index (χ4v) is 2.96. The van der Waals surface area contributed by atoms with Crippen LogP contribution in [0.2, 0.25) is 0 Å². The van der Waals surface area contributed by atoms with Crippen LogP contribution in [0.3, 0.4) is 0 Å². The molecule has 3 rings (SSSR count). The SMILES string of the molecule is Cc1cccc(NC(=O)CCc2cc3cccc(C)c3[nH]c2=O)c1C. The van der Waals surface area contributed by atoms with Crippen molar-refractivity contribution in [3.8, 4) is 0 Å². The van der Waals surface area contributed by atoms with E-state index >= 15 is 0 Å². The molecule has 0 fully saturated rings. The van der Waals surface area contributed by atoms with Crippen LogP contribution in [0.4, 0.5) is 5.69 Å². The second-order valence-corrected chi connectivity index (χ2v) is 6.46. The second-order valence-electron chi connectivity index (χ2n) is 6.46. The lowest BCUT2D eigenvalue weighted by Gasteiger charge is -2.10. The maximum atomic E-state index is 12.3. The summed E-state index contributed by atoms with van der Waals surface area (Å²) in [7, 11) is 0. The van der Waals surface area contributed by atoms with Gasteiger partial charge in [-0.3, -0.25) is 9.59 Å². The number of aromatic amines is 1. The molecule has 0 radical (unpaired) electrons. The summed E-state index contributed by atoms with van der Waals surface area (Å²) in [5.74, 6) is -0.0857. The van der Waals surface area contributed by atoms with Crippen molar-refractivity contribution in [2.45, 2.75) is 33.6 Å². The molecular weight excluding hydrogens is 312 g/mol. The Bertz CT molecular complexity index is 1000. The molecule has 0 aliphatic heterocycles. The maximum absolute atomic E-state index is 12.3. The predicted molar refractivity (Wildman–Crippen MR) is 102 cm³/mol. The minimum absolute atomic E-state index is 0.0857. The van der Waals surface area contributed by atoms with E-state index in [1.807, 2.05) is 63.2 Å². The Labute approximate surface area is 146 Å². The van der Waals surface area contributed by atoms with E-state index in [1.165, 1.54) is 0 Å². The van der Waals surface area contributed by atoms with E-state index in [-0.39, 0.29) is 17.9 Å². The Kier molecular flexibility index (Phi) is 4.70. The van der Waals surface area contributed by atoms with E-state index < -0.39 is 0 Å². The zero-order chi connectivity index (χ0) is 18.0. The number of hydrogen-bond acceptors (Lipinski definition) is 2. The van der Waals surface area contributed by atoms with Crippen LogP contribution in [0.5, 0.6) is 0 Å². The van der Waals surface area contributed by atoms with Crippen molar-refractivity contribution < 1.29 is 4.79 Å². The number of benzene rings is 2. The van der Waals surface area contributed by atoms with E-state index in [0.29, 0.717) is 12.0 Å². The van der Waals surface area contributed by atoms with Gasteiger partial charge < -0.3 is 10.3 Å². The molecule has 4 heteroatoms. The molecule has 1 heterocycles. The normalized spacial score (nSPS) is 10.8. The average molecular weight is 334 g/mol. The molecular formula is C21H22N2O2. The number of pyridine rings is 1. The number of carbonyl (C=O) groups is 1. The number of aryl methyl sites for hydroxylation is 3. The van der Waals surface area contributed by atoms with Gasteiger partial charge in [0.15, 0.2) is 0 Å². The number of para-hydroxylation sites is 1. The monoisotopic (exact) mass is 334 g/mol. The van der Waals surface area contributed by atoms with Crippen molar-refractivity contribution in [2.75, 3.05) is 5.32 Å². The number of anilines is 1. The van der Waals surface area contributed by atoms with E-state index in [1.54, 1.807) is 0 Å². The molecule has 0 saturated heterocycles. The molecule has 0 bridgehead atoms. The number of nitrogens with one attached hydrogen (secondary N) is 2. The highest BCUT2D eigenvalue weighted by Gasteiger charge is 2.09. The highest BCUT2D eigenvalue weighted by Crippen LogP contribution is 2.19. The van der Waals surface area contributed by atoms with E-state index in [4.69, 9.17) is 0 Å². The van der Waals surface area contributed by atoms with Gasteiger partial charge in [-0.15, -0.1) is 0 Å². The third-order valence-electron chi connectivity index (χ3n) is 4.67. The Morgan fingerprint density at radius 2 is 1.76 bits per heavy atom. The van der Waals surface area contributed by atoms with Crippen molar-refractivity contribution in [2.24, 2.45) is 0 Å². The van der Waals surface area contributed by atoms with Gasteiger partial charge in [0, 0.05) is 17.7 Å². The number of rotatable bonds is 4. The summed E-state index contributed by atoms with van der Waals surface area (Å²) >= 11 is 0. The van der Waals surface area contributed by atoms with Gasteiger partial charge in [-0.2, -0.15) is 0 Å². The molecule has 0 aliphatic carbocycles. The third-order valence-corrected chi connectivity index (χ3v) is 4.67. The Morgan fingerprint density at radius 3 is 2.56 bits per heavy atom. The van der Waals surface area contributed by atoms with Gasteiger partial charge in [-0.05, 0) is 61.4 Å². The van der Waals surface area contributed by atoms with Gasteiger partial charge in [-0.1, -0.05) is 30.3 Å². The van der Waals surface area contributed by atoms with Crippen LogP contribution >= 0.6 is 0 Å². The largest absolute Gasteiger partial charge is 0.326 e. The van der Waals surface area contributed by atoms with Gasteiger partial charge in [-0.25, -0.2) is 0 Å². The van der Waals surface area contributed by atoms with E-state index in [2.05, 4.69) is 10.3 Å². The molecule has 128 valence electrons. The first-order valence-electron chi connectivity index (χ1n) is 8.43. The smallest absolute Gasteiger partial charge is 0.251 e. The van der Waals surface area contributed by atoms with Gasteiger partial charge in [0.2, 0.25) is 5.91 Å². The molecule has 1 aromatic heterocycles. The lowest BCUT2D eigenvalue weighted by atomic mass is 10.1. The van der Waals surface area contributed by atoms with Gasteiger partial charge in [0.25, 0.3) is 5.56 Å². The zero-order valence-electron chi connectivity index (χ0n) is 14.8. The molecule has 2 aromatic carbocycles. The fourth-order valence-electron chi connectivity index (χ4n) is 2.96. The fraction of sp³-hybridized carbons (Fsp3) is 0.238. The minimum atomic E-state index is -0.124. The predicted octanol–water partition coefficient (Wildman–Crippen LogP) is 4.02. The first-order chi connectivity index (χ1) is 12.0. The molecule has 25 heavy (non-hydrogen) atoms. The number of aromatic nitrogens is 1. The van der Waals surface area contributed by atoms with Crippen LogP contribution in [0.15, 0.2) is 47.3 Å². The summed E-state index contributed by atoms with van der Waals surface area (Å²) in [5.41, 5.74) is 5.43. The van der Waals surface area contributed by atoms with Gasteiger partial charge in [0.05, 0.1) is 5.52 Å². The van der Waals surface area contributed by atoms with Crippen LogP contribution in [-0.4, -0.2) is 10.9 Å². The summed E-state index contributed by atoms with van der Waals surface area (Å²) in [6.45, 7) is 5.97. The summed E-state index contributed by atoms with van der Waals surface area (Å²) in [6.07, 6.45) is 0.684. The van der Waals surface area contributed by atoms with E-state index in [9.17, 15) is 9.59 Å². The van der Waals surface area contributed by atoms with Crippen LogP contribution < -0.4 is 10.9 Å². The first kappa shape index (κ1) is 17.0. The van der Waals surface area contributed by atoms with Gasteiger partial charge in [0.1, 0.15) is 0 Å². The number of fused-ring (bicyclic) bond motifs is 1. The number of amides is 1. The van der Waals surface area contributed by atoms with Crippen LogP contribution in [0, 0.1) is 20.8 Å². The van der Waals surface area contributed by atoms with Crippen molar-refractivity contribution >= 4 is 22.5 Å². The summed E-state index contributed by atoms with van der Waals surface area (Å²) in [5, 5.41) is 3.93. The second kappa shape index (κ2) is 6.93. The lowest BCUT2D eigenvalue weighted by Crippen LogP contribution is -2.17. The Hall–Kier alpha value is -2.88. The van der Waals surface area contributed by atoms with Crippen molar-refractivity contribution in [3.63, 3.8) is 0 Å². The van der Waals surface area contributed by atoms with Crippen LogP contribution in [-0.2, 0) is 11.2 Å². The molecule has 1 amide bonds. The van der Waals surface area contributed by atoms with Crippen LogP contribution in [0.1, 0.15) is 28.7 Å². The molecule has 2 N–H and O–H groups in total. The Morgan fingerprint density at radius 1 is 1.04 bits per heavy atom. The first-order valence-corrected chi connectivity index (χ1v) is 8.43. The van der Waals surface area contributed by atoms with Crippen molar-refractivity contribution in [1.29, 1.82) is 0 Å². The summed E-state index contributed by atoms with van der Waals surface area (Å²) in [6, 6.07) is 13.6. The third kappa shape index (κ3) is 3.63. The number of carbonyl (C=O) groups excluding carboxylic acids is 1. The number of hydrogen-bond donors (Lipinski definition) is 2. The molecule has 4 nitrogen and oxygen atoms in total. The highest BCUT2D eigenvalue weighted by molar-refractivity contribution is 5.92. The highest BCUT2D eigenvalue weighted by atomic mass is 16.1.